The number of ether oxygens (including phenoxy) is 2. The van der Waals surface area contributed by atoms with Gasteiger partial charge in [0.25, 0.3) is 0 Å². The Morgan fingerprint density at radius 1 is 1.00 bits per heavy atom. The van der Waals surface area contributed by atoms with Crippen LogP contribution in [0, 0.1) is 18.3 Å². The number of rotatable bonds is 7. The maximum atomic E-state index is 12.2. The quantitative estimate of drug-likeness (QED) is 0.225. The van der Waals surface area contributed by atoms with E-state index in [9.17, 15) is 10.1 Å². The van der Waals surface area contributed by atoms with E-state index < -0.39 is 0 Å². The lowest BCUT2D eigenvalue weighted by molar-refractivity contribution is -0.134. The van der Waals surface area contributed by atoms with E-state index in [4.69, 9.17) is 9.47 Å². The van der Waals surface area contributed by atoms with Gasteiger partial charge in [-0.25, -0.2) is 0 Å². The average Bonchev–Trinajstić information content (AvgIpc) is 2.77. The fourth-order valence-electron chi connectivity index (χ4n) is 2.97. The highest BCUT2D eigenvalue weighted by molar-refractivity contribution is 5.89. The molecule has 4 heteroatoms. The van der Waals surface area contributed by atoms with E-state index in [-0.39, 0.29) is 5.97 Å². The Bertz CT molecular complexity index is 1070. The second-order valence-corrected chi connectivity index (χ2v) is 6.93. The molecule has 0 aliphatic rings. The van der Waals surface area contributed by atoms with Crippen molar-refractivity contribution in [3.05, 3.63) is 95.1 Å². The smallest absolute Gasteiger partial charge is 0.311 e. The maximum absolute atomic E-state index is 12.2. The van der Waals surface area contributed by atoms with Crippen LogP contribution in [0.3, 0.4) is 0 Å². The number of hydrogen-bond donors (Lipinski definition) is 0. The van der Waals surface area contributed by atoms with Crippen LogP contribution >= 0.6 is 0 Å². The van der Waals surface area contributed by atoms with Crippen LogP contribution in [0.4, 0.5) is 0 Å². The summed E-state index contributed by atoms with van der Waals surface area (Å²) in [5.41, 5.74) is 4.38. The fraction of sp³-hybridized carbons (Fsp3) is 0.154. The van der Waals surface area contributed by atoms with Crippen molar-refractivity contribution in [3.8, 4) is 17.6 Å². The van der Waals surface area contributed by atoms with E-state index in [1.165, 1.54) is 5.56 Å². The minimum absolute atomic E-state index is 0.285. The number of nitriles is 1. The first-order valence-corrected chi connectivity index (χ1v) is 9.70. The predicted molar refractivity (Wildman–Crippen MR) is 118 cm³/mol. The van der Waals surface area contributed by atoms with Gasteiger partial charge in [0.05, 0.1) is 18.8 Å². The van der Waals surface area contributed by atoms with E-state index in [0.717, 1.165) is 22.4 Å². The number of hydrogen-bond acceptors (Lipinski definition) is 4. The van der Waals surface area contributed by atoms with Gasteiger partial charge in [-0.05, 0) is 72.5 Å². The van der Waals surface area contributed by atoms with Crippen LogP contribution in [-0.2, 0) is 11.2 Å². The summed E-state index contributed by atoms with van der Waals surface area (Å²) in [6.07, 6.45) is 2.71. The summed E-state index contributed by atoms with van der Waals surface area (Å²) in [7, 11) is 1.60. The van der Waals surface area contributed by atoms with E-state index in [1.54, 1.807) is 31.4 Å². The Morgan fingerprint density at radius 2 is 1.73 bits per heavy atom. The minimum atomic E-state index is -0.285. The van der Waals surface area contributed by atoms with Gasteiger partial charge in [-0.2, -0.15) is 5.26 Å². The van der Waals surface area contributed by atoms with Crippen molar-refractivity contribution in [2.24, 2.45) is 0 Å². The van der Waals surface area contributed by atoms with Crippen molar-refractivity contribution in [2.45, 2.75) is 19.8 Å². The van der Waals surface area contributed by atoms with Gasteiger partial charge in [0.15, 0.2) is 0 Å². The second-order valence-electron chi connectivity index (χ2n) is 6.93. The Balaban J connectivity index is 1.66. The summed E-state index contributed by atoms with van der Waals surface area (Å²) in [4.78, 5) is 12.2. The number of benzene rings is 3. The van der Waals surface area contributed by atoms with Crippen LogP contribution in [0.5, 0.6) is 11.5 Å². The van der Waals surface area contributed by atoms with Crippen LogP contribution in [0.1, 0.15) is 28.7 Å². The van der Waals surface area contributed by atoms with Gasteiger partial charge in [-0.3, -0.25) is 4.79 Å². The molecule has 0 unspecified atom stereocenters. The van der Waals surface area contributed by atoms with Crippen molar-refractivity contribution in [2.75, 3.05) is 7.11 Å². The van der Waals surface area contributed by atoms with Crippen LogP contribution in [0.2, 0.25) is 0 Å². The number of allylic oxidation sites excluding steroid dienone is 1. The number of carbonyl (C=O) groups excluding carboxylic acids is 1. The molecule has 0 aromatic heterocycles. The number of methoxy groups -OCH3 is 1. The first-order valence-electron chi connectivity index (χ1n) is 9.70. The van der Waals surface area contributed by atoms with Gasteiger partial charge >= 0.3 is 5.97 Å². The molecule has 0 saturated carbocycles. The third kappa shape index (κ3) is 5.83. The summed E-state index contributed by atoms with van der Waals surface area (Å²) in [5, 5.41) is 9.54. The molecule has 0 spiro atoms. The highest BCUT2D eigenvalue weighted by Crippen LogP contribution is 2.23. The topological polar surface area (TPSA) is 59.3 Å². The minimum Gasteiger partial charge on any atom is -0.497 e. The Labute approximate surface area is 177 Å². The largest absolute Gasteiger partial charge is 0.497 e. The van der Waals surface area contributed by atoms with Crippen LogP contribution in [0.15, 0.2) is 72.8 Å². The summed E-state index contributed by atoms with van der Waals surface area (Å²) >= 11 is 0. The van der Waals surface area contributed by atoms with E-state index >= 15 is 0 Å². The van der Waals surface area contributed by atoms with Gasteiger partial charge in [-0.1, -0.05) is 42.0 Å². The van der Waals surface area contributed by atoms with Crippen molar-refractivity contribution >= 4 is 17.6 Å². The van der Waals surface area contributed by atoms with Crippen LogP contribution in [-0.4, -0.2) is 13.1 Å². The number of nitrogens with zero attached hydrogens (tertiary/aromatic N) is 1. The van der Waals surface area contributed by atoms with Crippen molar-refractivity contribution < 1.29 is 14.3 Å². The Kier molecular flexibility index (Phi) is 7.02. The first-order chi connectivity index (χ1) is 14.6. The molecule has 0 amide bonds. The summed E-state index contributed by atoms with van der Waals surface area (Å²) < 4.78 is 10.6. The lowest BCUT2D eigenvalue weighted by atomic mass is 10.0. The summed E-state index contributed by atoms with van der Waals surface area (Å²) in [6, 6.07) is 24.8. The molecule has 0 heterocycles. The third-order valence-electron chi connectivity index (χ3n) is 4.66. The zero-order chi connectivity index (χ0) is 21.3. The van der Waals surface area contributed by atoms with Gasteiger partial charge in [-0.15, -0.1) is 0 Å². The average molecular weight is 397 g/mol. The molecule has 0 atom stereocenters. The predicted octanol–water partition coefficient (Wildman–Crippen LogP) is 5.61. The van der Waals surface area contributed by atoms with Crippen LogP contribution in [0.25, 0.3) is 11.6 Å². The number of aryl methyl sites for hydroxylation is 2. The van der Waals surface area contributed by atoms with Gasteiger partial charge in [0, 0.05) is 6.42 Å². The molecule has 3 rings (SSSR count). The monoisotopic (exact) mass is 397 g/mol. The van der Waals surface area contributed by atoms with Gasteiger partial charge in [0.1, 0.15) is 11.5 Å². The second kappa shape index (κ2) is 10.1. The normalized spacial score (nSPS) is 10.9. The highest BCUT2D eigenvalue weighted by atomic mass is 16.5. The molecule has 30 heavy (non-hydrogen) atoms. The maximum Gasteiger partial charge on any atom is 0.311 e. The molecule has 150 valence electrons. The molecular formula is C26H23NO3. The molecule has 0 aliphatic carbocycles. The van der Waals surface area contributed by atoms with Crippen molar-refractivity contribution in [3.63, 3.8) is 0 Å². The van der Waals surface area contributed by atoms with E-state index in [0.29, 0.717) is 24.2 Å². The zero-order valence-corrected chi connectivity index (χ0v) is 17.1. The molecule has 0 radical (unpaired) electrons. The molecule has 3 aromatic carbocycles. The summed E-state index contributed by atoms with van der Waals surface area (Å²) in [5.74, 6) is 0.910. The molecule has 0 bridgehead atoms. The third-order valence-corrected chi connectivity index (χ3v) is 4.66. The zero-order valence-electron chi connectivity index (χ0n) is 17.1. The molecule has 0 aliphatic heterocycles. The van der Waals surface area contributed by atoms with Crippen molar-refractivity contribution in [1.29, 1.82) is 5.26 Å². The first kappa shape index (κ1) is 20.9. The molecular weight excluding hydrogens is 374 g/mol. The van der Waals surface area contributed by atoms with E-state index in [1.807, 2.05) is 61.5 Å². The lowest BCUT2D eigenvalue weighted by Gasteiger charge is -2.06. The molecule has 0 saturated heterocycles. The van der Waals surface area contributed by atoms with Crippen LogP contribution < -0.4 is 9.47 Å². The standard InChI is InChI=1S/C26H23NO3/c1-19-6-8-20(9-7-19)10-15-26(28)30-25-5-3-4-21(17-25)16-23(18-27)22-11-13-24(29-2)14-12-22/h3-9,11-14,16-17H,10,15H2,1-2H3/b23-16-. The number of carbonyl (C=O) groups is 1. The van der Waals surface area contributed by atoms with Gasteiger partial charge < -0.3 is 9.47 Å². The molecule has 3 aromatic rings. The van der Waals surface area contributed by atoms with Gasteiger partial charge in [0.2, 0.25) is 0 Å². The van der Waals surface area contributed by atoms with Crippen molar-refractivity contribution in [1.82, 2.24) is 0 Å². The lowest BCUT2D eigenvalue weighted by Crippen LogP contribution is -2.09. The summed E-state index contributed by atoms with van der Waals surface area (Å²) in [6.45, 7) is 2.03. The number of esters is 1. The molecule has 0 fully saturated rings. The highest BCUT2D eigenvalue weighted by Gasteiger charge is 2.07. The molecule has 4 nitrogen and oxygen atoms in total. The Morgan fingerprint density at radius 3 is 2.40 bits per heavy atom. The fourth-order valence-corrected chi connectivity index (χ4v) is 2.97. The Hall–Kier alpha value is -3.84. The molecule has 0 N–H and O–H groups in total. The SMILES string of the molecule is COc1ccc(/C(C#N)=C\c2cccc(OC(=O)CCc3ccc(C)cc3)c2)cc1. The van der Waals surface area contributed by atoms with E-state index in [2.05, 4.69) is 6.07 Å².